The van der Waals surface area contributed by atoms with E-state index in [1.165, 1.54) is 0 Å². The van der Waals surface area contributed by atoms with Gasteiger partial charge in [-0.15, -0.1) is 0 Å². The van der Waals surface area contributed by atoms with Gasteiger partial charge in [0.1, 0.15) is 0 Å². The van der Waals surface area contributed by atoms with E-state index in [9.17, 15) is 13.2 Å². The van der Waals surface area contributed by atoms with Crippen LogP contribution in [0.25, 0.3) is 0 Å². The van der Waals surface area contributed by atoms with Gasteiger partial charge in [0.25, 0.3) is 0 Å². The van der Waals surface area contributed by atoms with Gasteiger partial charge < -0.3 is 0 Å². The smallest absolute Gasteiger partial charge is 0.240 e. The van der Waals surface area contributed by atoms with E-state index in [1.54, 1.807) is 6.92 Å². The molecule has 0 radical (unpaired) electrons. The highest BCUT2D eigenvalue weighted by Crippen LogP contribution is 2.26. The van der Waals surface area contributed by atoms with Crippen LogP contribution in [-0.4, -0.2) is 20.1 Å². The summed E-state index contributed by atoms with van der Waals surface area (Å²) in [5, 5.41) is 0. The molecule has 1 N–H and O–H groups in total. The quantitative estimate of drug-likeness (QED) is 0.907. The second-order valence-corrected chi connectivity index (χ2v) is 7.30. The first-order valence-corrected chi connectivity index (χ1v) is 8.72. The number of carbonyl (C=O) groups excluding carboxylic acids is 1. The van der Waals surface area contributed by atoms with Crippen molar-refractivity contribution in [1.29, 1.82) is 0 Å². The summed E-state index contributed by atoms with van der Waals surface area (Å²) in [5.74, 6) is -0.642. The molecule has 1 saturated carbocycles. The lowest BCUT2D eigenvalue weighted by atomic mass is 10.0. The minimum Gasteiger partial charge on any atom is -0.273 e. The molecular weight excluding hydrogens is 274 g/mol. The van der Waals surface area contributed by atoms with Crippen LogP contribution < -0.4 is 4.72 Å². The normalized spacial score (nSPS) is 17.9. The minimum absolute atomic E-state index is 0.0697. The maximum absolute atomic E-state index is 12.0. The van der Waals surface area contributed by atoms with Crippen LogP contribution in [0.1, 0.15) is 44.1 Å². The van der Waals surface area contributed by atoms with Crippen molar-refractivity contribution in [3.05, 3.63) is 35.9 Å². The van der Waals surface area contributed by atoms with Crippen molar-refractivity contribution < 1.29 is 13.2 Å². The fourth-order valence-corrected chi connectivity index (χ4v) is 4.18. The standard InChI is InChI=1S/C15H21NO3S/c1-12(14-9-3-2-4-10-14)15(17)16-20(18,19)11-13-7-5-6-8-13/h2-4,9-10,12-13H,5-8,11H2,1H3,(H,16,17). The summed E-state index contributed by atoms with van der Waals surface area (Å²) in [4.78, 5) is 12.0. The van der Waals surface area contributed by atoms with Gasteiger partial charge in [-0.2, -0.15) is 0 Å². The highest BCUT2D eigenvalue weighted by molar-refractivity contribution is 7.90. The first-order valence-electron chi connectivity index (χ1n) is 7.07. The van der Waals surface area contributed by atoms with Gasteiger partial charge in [0.2, 0.25) is 15.9 Å². The molecule has 0 spiro atoms. The number of carbonyl (C=O) groups is 1. The highest BCUT2D eigenvalue weighted by Gasteiger charge is 2.26. The van der Waals surface area contributed by atoms with Crippen molar-refractivity contribution in [2.24, 2.45) is 5.92 Å². The van der Waals surface area contributed by atoms with Crippen LogP contribution >= 0.6 is 0 Å². The Hall–Kier alpha value is -1.36. The zero-order valence-corrected chi connectivity index (χ0v) is 12.5. The molecule has 1 fully saturated rings. The van der Waals surface area contributed by atoms with Gasteiger partial charge in [-0.25, -0.2) is 8.42 Å². The first kappa shape index (κ1) is 15.0. The van der Waals surface area contributed by atoms with E-state index in [1.807, 2.05) is 30.3 Å². The molecule has 1 aliphatic rings. The summed E-state index contributed by atoms with van der Waals surface area (Å²) < 4.78 is 26.2. The van der Waals surface area contributed by atoms with E-state index in [2.05, 4.69) is 4.72 Å². The summed E-state index contributed by atoms with van der Waals surface area (Å²) >= 11 is 0. The van der Waals surface area contributed by atoms with Crippen LogP contribution in [-0.2, 0) is 14.8 Å². The van der Waals surface area contributed by atoms with Crippen LogP contribution in [0.15, 0.2) is 30.3 Å². The Balaban J connectivity index is 1.96. The number of sulfonamides is 1. The van der Waals surface area contributed by atoms with Gasteiger partial charge in [0, 0.05) is 0 Å². The first-order chi connectivity index (χ1) is 9.48. The van der Waals surface area contributed by atoms with Crippen molar-refractivity contribution in [1.82, 2.24) is 4.72 Å². The molecule has 4 nitrogen and oxygen atoms in total. The van der Waals surface area contributed by atoms with Gasteiger partial charge in [0.15, 0.2) is 0 Å². The van der Waals surface area contributed by atoms with Crippen molar-refractivity contribution in [3.63, 3.8) is 0 Å². The molecule has 1 aromatic carbocycles. The van der Waals surface area contributed by atoms with Gasteiger partial charge in [-0.1, -0.05) is 43.2 Å². The second-order valence-electron chi connectivity index (χ2n) is 5.53. The van der Waals surface area contributed by atoms with Gasteiger partial charge >= 0.3 is 0 Å². The summed E-state index contributed by atoms with van der Waals surface area (Å²) in [6.45, 7) is 1.72. The molecule has 20 heavy (non-hydrogen) atoms. The molecule has 2 rings (SSSR count). The van der Waals surface area contributed by atoms with Crippen LogP contribution in [0, 0.1) is 5.92 Å². The Labute approximate surface area is 120 Å². The second kappa shape index (κ2) is 6.39. The van der Waals surface area contributed by atoms with Crippen LogP contribution in [0.3, 0.4) is 0 Å². The van der Waals surface area contributed by atoms with E-state index < -0.39 is 21.8 Å². The fourth-order valence-electron chi connectivity index (χ4n) is 2.66. The predicted octanol–water partition coefficient (Wildman–Crippen LogP) is 2.43. The van der Waals surface area contributed by atoms with E-state index in [4.69, 9.17) is 0 Å². The number of hydrogen-bond donors (Lipinski definition) is 1. The van der Waals surface area contributed by atoms with Crippen LogP contribution in [0.5, 0.6) is 0 Å². The lowest BCUT2D eigenvalue weighted by Gasteiger charge is -2.14. The third-order valence-corrected chi connectivity index (χ3v) is 5.30. The fraction of sp³-hybridized carbons (Fsp3) is 0.533. The Bertz CT molecular complexity index is 548. The topological polar surface area (TPSA) is 63.2 Å². The largest absolute Gasteiger partial charge is 0.273 e. The minimum atomic E-state index is -3.52. The molecular formula is C15H21NO3S. The number of rotatable bonds is 5. The Morgan fingerprint density at radius 3 is 2.45 bits per heavy atom. The molecule has 1 atom stereocenters. The Morgan fingerprint density at radius 2 is 1.85 bits per heavy atom. The van der Waals surface area contributed by atoms with Crippen molar-refractivity contribution >= 4 is 15.9 Å². The molecule has 5 heteroatoms. The van der Waals surface area contributed by atoms with Gasteiger partial charge in [0.05, 0.1) is 11.7 Å². The van der Waals surface area contributed by atoms with Crippen molar-refractivity contribution in [2.45, 2.75) is 38.5 Å². The van der Waals surface area contributed by atoms with Gasteiger partial charge in [-0.3, -0.25) is 9.52 Å². The molecule has 110 valence electrons. The van der Waals surface area contributed by atoms with Crippen molar-refractivity contribution in [2.75, 3.05) is 5.75 Å². The lowest BCUT2D eigenvalue weighted by molar-refractivity contribution is -0.120. The van der Waals surface area contributed by atoms with Gasteiger partial charge in [-0.05, 0) is 31.2 Å². The van der Waals surface area contributed by atoms with E-state index >= 15 is 0 Å². The molecule has 0 bridgehead atoms. The maximum atomic E-state index is 12.0. The number of nitrogens with one attached hydrogen (secondary N) is 1. The monoisotopic (exact) mass is 295 g/mol. The summed E-state index contributed by atoms with van der Waals surface area (Å²) in [7, 11) is -3.52. The lowest BCUT2D eigenvalue weighted by Crippen LogP contribution is -2.36. The highest BCUT2D eigenvalue weighted by atomic mass is 32.2. The molecule has 0 aliphatic heterocycles. The third kappa shape index (κ3) is 4.07. The molecule has 0 saturated heterocycles. The van der Waals surface area contributed by atoms with E-state index in [0.29, 0.717) is 0 Å². The van der Waals surface area contributed by atoms with E-state index in [0.717, 1.165) is 31.2 Å². The zero-order chi connectivity index (χ0) is 14.6. The van der Waals surface area contributed by atoms with Crippen molar-refractivity contribution in [3.8, 4) is 0 Å². The predicted molar refractivity (Wildman–Crippen MR) is 78.7 cm³/mol. The number of amides is 1. The Kier molecular flexibility index (Phi) is 4.81. The van der Waals surface area contributed by atoms with Crippen LogP contribution in [0.2, 0.25) is 0 Å². The van der Waals surface area contributed by atoms with Crippen LogP contribution in [0.4, 0.5) is 0 Å². The maximum Gasteiger partial charge on any atom is 0.240 e. The number of hydrogen-bond acceptors (Lipinski definition) is 3. The van der Waals surface area contributed by atoms with E-state index in [-0.39, 0.29) is 11.7 Å². The average molecular weight is 295 g/mol. The third-order valence-electron chi connectivity index (χ3n) is 3.88. The zero-order valence-electron chi connectivity index (χ0n) is 11.7. The Morgan fingerprint density at radius 1 is 1.25 bits per heavy atom. The molecule has 0 heterocycles. The average Bonchev–Trinajstić information content (AvgIpc) is 2.90. The molecule has 1 unspecified atom stereocenters. The molecule has 1 aliphatic carbocycles. The molecule has 1 amide bonds. The number of benzene rings is 1. The summed E-state index contributed by atoms with van der Waals surface area (Å²) in [6, 6.07) is 9.20. The summed E-state index contributed by atoms with van der Waals surface area (Å²) in [5.41, 5.74) is 0.820. The molecule has 0 aromatic heterocycles. The SMILES string of the molecule is CC(C(=O)NS(=O)(=O)CC1CCCC1)c1ccccc1. The molecule has 1 aromatic rings. The summed E-state index contributed by atoms with van der Waals surface area (Å²) in [6.07, 6.45) is 4.08.